The number of carbonyl (C=O) groups excluding carboxylic acids is 1. The van der Waals surface area contributed by atoms with Gasteiger partial charge in [-0.1, -0.05) is 22.0 Å². The Morgan fingerprint density at radius 1 is 1.53 bits per heavy atom. The summed E-state index contributed by atoms with van der Waals surface area (Å²) in [6.45, 7) is 2.81. The lowest BCUT2D eigenvalue weighted by Gasteiger charge is -2.36. The molecule has 0 unspecified atom stereocenters. The van der Waals surface area contributed by atoms with Gasteiger partial charge in [0.1, 0.15) is 0 Å². The molecule has 4 heteroatoms. The molecule has 1 heterocycles. The van der Waals surface area contributed by atoms with E-state index in [1.165, 1.54) is 0 Å². The highest BCUT2D eigenvalue weighted by Crippen LogP contribution is 2.20. The largest absolute Gasteiger partial charge is 0.389 e. The van der Waals surface area contributed by atoms with Gasteiger partial charge in [-0.25, -0.2) is 0 Å². The van der Waals surface area contributed by atoms with Crippen molar-refractivity contribution >= 4 is 21.8 Å². The maximum Gasteiger partial charge on any atom is 0.254 e. The number of hydrogen-bond donors (Lipinski definition) is 1. The van der Waals surface area contributed by atoms with Crippen LogP contribution < -0.4 is 0 Å². The van der Waals surface area contributed by atoms with Gasteiger partial charge in [0.2, 0.25) is 0 Å². The molecule has 0 atom stereocenters. The third-order valence-electron chi connectivity index (χ3n) is 2.58. The fourth-order valence-electron chi connectivity index (χ4n) is 1.62. The summed E-state index contributed by atoms with van der Waals surface area (Å²) in [5.74, 6) is -0.000833. The fraction of sp³-hybridized carbons (Fsp3) is 0.364. The lowest BCUT2D eigenvalue weighted by molar-refractivity contribution is 0.00584. The minimum absolute atomic E-state index is 0.000833. The molecule has 1 amide bonds. The quantitative estimate of drug-likeness (QED) is 0.841. The van der Waals surface area contributed by atoms with E-state index in [2.05, 4.69) is 15.9 Å². The lowest BCUT2D eigenvalue weighted by Crippen LogP contribution is -2.53. The minimum atomic E-state index is -0.346. The number of β-amino-alcohol motifs (C(OH)–C–C–N with tert-alkyl or cyclic N) is 1. The summed E-state index contributed by atoms with van der Waals surface area (Å²) in [7, 11) is 0. The highest BCUT2D eigenvalue weighted by Gasteiger charge is 2.30. The van der Waals surface area contributed by atoms with E-state index in [9.17, 15) is 4.79 Å². The van der Waals surface area contributed by atoms with E-state index < -0.39 is 0 Å². The average Bonchev–Trinajstić information content (AvgIpc) is 2.16. The van der Waals surface area contributed by atoms with E-state index in [4.69, 9.17) is 5.11 Å². The van der Waals surface area contributed by atoms with Crippen molar-refractivity contribution in [3.8, 4) is 0 Å². The highest BCUT2D eigenvalue weighted by molar-refractivity contribution is 9.10. The number of amides is 1. The van der Waals surface area contributed by atoms with Gasteiger partial charge >= 0.3 is 0 Å². The number of nitrogens with zero attached hydrogens (tertiary/aromatic N) is 1. The monoisotopic (exact) mass is 269 g/mol. The van der Waals surface area contributed by atoms with E-state index in [0.717, 1.165) is 10.0 Å². The summed E-state index contributed by atoms with van der Waals surface area (Å²) in [5.41, 5.74) is 1.67. The van der Waals surface area contributed by atoms with Crippen molar-refractivity contribution in [2.45, 2.75) is 13.0 Å². The molecule has 1 aliphatic heterocycles. The van der Waals surface area contributed by atoms with Crippen molar-refractivity contribution in [1.29, 1.82) is 0 Å². The fourth-order valence-corrected chi connectivity index (χ4v) is 1.98. The summed E-state index contributed by atoms with van der Waals surface area (Å²) in [4.78, 5) is 13.6. The molecule has 1 N–H and O–H groups in total. The molecule has 15 heavy (non-hydrogen) atoms. The van der Waals surface area contributed by atoms with Crippen LogP contribution in [0.4, 0.5) is 0 Å². The number of halogens is 1. The van der Waals surface area contributed by atoms with Gasteiger partial charge in [0, 0.05) is 23.1 Å². The van der Waals surface area contributed by atoms with Crippen LogP contribution in [0.1, 0.15) is 15.9 Å². The topological polar surface area (TPSA) is 40.5 Å². The van der Waals surface area contributed by atoms with Gasteiger partial charge in [-0.15, -0.1) is 0 Å². The van der Waals surface area contributed by atoms with Crippen LogP contribution in [0.25, 0.3) is 0 Å². The molecule has 1 fully saturated rings. The molecule has 0 saturated carbocycles. The molecule has 1 aromatic carbocycles. The minimum Gasteiger partial charge on any atom is -0.389 e. The number of rotatable bonds is 1. The van der Waals surface area contributed by atoms with Crippen molar-refractivity contribution in [3.05, 3.63) is 33.8 Å². The first kappa shape index (κ1) is 10.6. The van der Waals surface area contributed by atoms with Crippen LogP contribution in [-0.2, 0) is 0 Å². The molecule has 80 valence electrons. The van der Waals surface area contributed by atoms with Crippen LogP contribution in [0.5, 0.6) is 0 Å². The molecule has 0 aliphatic carbocycles. The van der Waals surface area contributed by atoms with Gasteiger partial charge in [0.05, 0.1) is 6.10 Å². The van der Waals surface area contributed by atoms with Crippen molar-refractivity contribution < 1.29 is 9.90 Å². The molecule has 0 bridgehead atoms. The molecule has 1 saturated heterocycles. The van der Waals surface area contributed by atoms with Gasteiger partial charge in [-0.2, -0.15) is 0 Å². The maximum absolute atomic E-state index is 11.9. The van der Waals surface area contributed by atoms with E-state index in [1.54, 1.807) is 4.90 Å². The summed E-state index contributed by atoms with van der Waals surface area (Å²) in [6, 6.07) is 5.65. The first-order chi connectivity index (χ1) is 7.08. The van der Waals surface area contributed by atoms with Gasteiger partial charge in [-0.3, -0.25) is 4.79 Å². The summed E-state index contributed by atoms with van der Waals surface area (Å²) >= 11 is 3.35. The first-order valence-electron chi connectivity index (χ1n) is 4.81. The summed E-state index contributed by atoms with van der Waals surface area (Å²) < 4.78 is 0.900. The summed E-state index contributed by atoms with van der Waals surface area (Å²) in [5, 5.41) is 9.13. The van der Waals surface area contributed by atoms with Crippen molar-refractivity contribution in [2.75, 3.05) is 13.1 Å². The van der Waals surface area contributed by atoms with Crippen LogP contribution in [0, 0.1) is 6.92 Å². The Morgan fingerprint density at radius 3 is 2.80 bits per heavy atom. The number of likely N-dealkylation sites (tertiary alicyclic amines) is 1. The Morgan fingerprint density at radius 2 is 2.20 bits per heavy atom. The Kier molecular flexibility index (Phi) is 2.80. The third kappa shape index (κ3) is 2.06. The van der Waals surface area contributed by atoms with Gasteiger partial charge in [-0.05, 0) is 24.6 Å². The predicted molar refractivity (Wildman–Crippen MR) is 60.8 cm³/mol. The van der Waals surface area contributed by atoms with Crippen LogP contribution in [0.15, 0.2) is 22.7 Å². The molecular formula is C11H12BrNO2. The molecule has 1 aromatic rings. The zero-order valence-electron chi connectivity index (χ0n) is 8.40. The second-order valence-corrected chi connectivity index (χ2v) is 4.74. The highest BCUT2D eigenvalue weighted by atomic mass is 79.9. The molecule has 0 aromatic heterocycles. The van der Waals surface area contributed by atoms with Crippen LogP contribution in [0.2, 0.25) is 0 Å². The van der Waals surface area contributed by atoms with Gasteiger partial charge in [0.25, 0.3) is 5.91 Å². The lowest BCUT2D eigenvalue weighted by atomic mass is 10.0. The molecule has 1 aliphatic rings. The SMILES string of the molecule is Cc1ccc(Br)cc1C(=O)N1CC(O)C1. The van der Waals surface area contributed by atoms with Crippen molar-refractivity contribution in [3.63, 3.8) is 0 Å². The standard InChI is InChI=1S/C11H12BrNO2/c1-7-2-3-8(12)4-10(7)11(15)13-5-9(14)6-13/h2-4,9,14H,5-6H2,1H3. The average molecular weight is 270 g/mol. The van der Waals surface area contributed by atoms with Crippen molar-refractivity contribution in [2.24, 2.45) is 0 Å². The van der Waals surface area contributed by atoms with E-state index in [1.807, 2.05) is 25.1 Å². The molecule has 0 radical (unpaired) electrons. The van der Waals surface area contributed by atoms with E-state index >= 15 is 0 Å². The Balaban J connectivity index is 2.22. The third-order valence-corrected chi connectivity index (χ3v) is 3.07. The van der Waals surface area contributed by atoms with E-state index in [-0.39, 0.29) is 12.0 Å². The number of aliphatic hydroxyl groups excluding tert-OH is 1. The van der Waals surface area contributed by atoms with Crippen LogP contribution in [-0.4, -0.2) is 35.1 Å². The molecule has 0 spiro atoms. The maximum atomic E-state index is 11.9. The number of benzene rings is 1. The number of aryl methyl sites for hydroxylation is 1. The smallest absolute Gasteiger partial charge is 0.254 e. The first-order valence-corrected chi connectivity index (χ1v) is 5.60. The zero-order chi connectivity index (χ0) is 11.0. The molecule has 2 rings (SSSR count). The molecular weight excluding hydrogens is 258 g/mol. The van der Waals surface area contributed by atoms with Gasteiger partial charge in [0.15, 0.2) is 0 Å². The van der Waals surface area contributed by atoms with Gasteiger partial charge < -0.3 is 10.0 Å². The number of carbonyl (C=O) groups is 1. The van der Waals surface area contributed by atoms with Crippen molar-refractivity contribution in [1.82, 2.24) is 4.90 Å². The zero-order valence-corrected chi connectivity index (χ0v) is 9.99. The second-order valence-electron chi connectivity index (χ2n) is 3.82. The van der Waals surface area contributed by atoms with Crippen LogP contribution >= 0.6 is 15.9 Å². The van der Waals surface area contributed by atoms with E-state index in [0.29, 0.717) is 18.7 Å². The Hall–Kier alpha value is -0.870. The Labute approximate surface area is 96.8 Å². The predicted octanol–water partition coefficient (Wildman–Crippen LogP) is 1.57. The number of aliphatic hydroxyl groups is 1. The normalized spacial score (nSPS) is 16.3. The number of hydrogen-bond acceptors (Lipinski definition) is 2. The summed E-state index contributed by atoms with van der Waals surface area (Å²) in [6.07, 6.45) is -0.346. The Bertz CT molecular complexity index is 400. The molecule has 3 nitrogen and oxygen atoms in total. The van der Waals surface area contributed by atoms with Crippen LogP contribution in [0.3, 0.4) is 0 Å². The second kappa shape index (κ2) is 3.94.